The second-order valence-electron chi connectivity index (χ2n) is 2.71. The molecule has 0 aromatic carbocycles. The summed E-state index contributed by atoms with van der Waals surface area (Å²) in [6.07, 6.45) is 1.75. The second-order valence-corrected chi connectivity index (χ2v) is 3.07. The third-order valence-corrected chi connectivity index (χ3v) is 2.06. The lowest BCUT2D eigenvalue weighted by Gasteiger charge is -2.14. The molecule has 0 fully saturated rings. The molecule has 2 rings (SSSR count). The van der Waals surface area contributed by atoms with Crippen molar-refractivity contribution in [3.8, 4) is 0 Å². The Kier molecular flexibility index (Phi) is 1.77. The number of hydrogen-bond donors (Lipinski definition) is 2. The van der Waals surface area contributed by atoms with Gasteiger partial charge in [0.2, 0.25) is 5.28 Å². The molecule has 1 aromatic rings. The van der Waals surface area contributed by atoms with Gasteiger partial charge in [0.1, 0.15) is 5.82 Å². The molecule has 2 heterocycles. The molecule has 0 spiro atoms. The molecule has 64 valence electrons. The van der Waals surface area contributed by atoms with Crippen LogP contribution in [0.3, 0.4) is 0 Å². The lowest BCUT2D eigenvalue weighted by atomic mass is 10.1. The summed E-state index contributed by atoms with van der Waals surface area (Å²) in [6.45, 7) is 0.861. The fourth-order valence-corrected chi connectivity index (χ4v) is 1.49. The van der Waals surface area contributed by atoms with Gasteiger partial charge in [-0.3, -0.25) is 9.78 Å². The summed E-state index contributed by atoms with van der Waals surface area (Å²) in [5.41, 5.74) is 0.586. The molecule has 5 heteroatoms. The third kappa shape index (κ3) is 1.18. The standard InChI is InChI=1S/C7H8ClN3O/c8-7-10-5-4(6(12)11-7)2-1-3-9-5/h1-3H2,(H2,9,10,11,12). The average Bonchev–Trinajstić information content (AvgIpc) is 2.04. The quantitative estimate of drug-likeness (QED) is 0.588. The molecule has 0 atom stereocenters. The minimum atomic E-state index is -0.128. The molecule has 1 aliphatic rings. The van der Waals surface area contributed by atoms with Crippen molar-refractivity contribution in [2.24, 2.45) is 0 Å². The van der Waals surface area contributed by atoms with Crippen LogP contribution in [0.5, 0.6) is 0 Å². The predicted molar refractivity (Wildman–Crippen MR) is 46.7 cm³/mol. The van der Waals surface area contributed by atoms with Crippen LogP contribution in [0.1, 0.15) is 12.0 Å². The highest BCUT2D eigenvalue weighted by atomic mass is 35.5. The Bertz CT molecular complexity index is 360. The van der Waals surface area contributed by atoms with Crippen LogP contribution in [0.2, 0.25) is 5.28 Å². The number of fused-ring (bicyclic) bond motifs is 1. The fraction of sp³-hybridized carbons (Fsp3) is 0.429. The molecule has 1 aliphatic heterocycles. The van der Waals surface area contributed by atoms with Crippen LogP contribution >= 0.6 is 11.6 Å². The zero-order chi connectivity index (χ0) is 8.55. The van der Waals surface area contributed by atoms with Crippen molar-refractivity contribution in [2.45, 2.75) is 12.8 Å². The topological polar surface area (TPSA) is 57.8 Å². The van der Waals surface area contributed by atoms with Crippen LogP contribution in [-0.2, 0) is 6.42 Å². The molecule has 0 amide bonds. The van der Waals surface area contributed by atoms with Crippen LogP contribution in [0.4, 0.5) is 5.82 Å². The molecule has 1 aromatic heterocycles. The van der Waals surface area contributed by atoms with Gasteiger partial charge in [0.15, 0.2) is 0 Å². The number of anilines is 1. The molecule has 0 bridgehead atoms. The van der Waals surface area contributed by atoms with E-state index < -0.39 is 0 Å². The maximum absolute atomic E-state index is 11.3. The van der Waals surface area contributed by atoms with Crippen molar-refractivity contribution >= 4 is 17.4 Å². The van der Waals surface area contributed by atoms with Crippen molar-refractivity contribution in [3.63, 3.8) is 0 Å². The van der Waals surface area contributed by atoms with Gasteiger partial charge in [-0.05, 0) is 24.4 Å². The molecule has 0 saturated carbocycles. The first-order chi connectivity index (χ1) is 5.77. The monoisotopic (exact) mass is 185 g/mol. The first-order valence-corrected chi connectivity index (χ1v) is 4.18. The van der Waals surface area contributed by atoms with Gasteiger partial charge < -0.3 is 5.32 Å². The Balaban J connectivity index is 2.60. The lowest BCUT2D eigenvalue weighted by molar-refractivity contribution is 0.798. The SMILES string of the molecule is O=c1[nH]c(Cl)nc2c1CCCN2. The van der Waals surface area contributed by atoms with Crippen molar-refractivity contribution in [1.29, 1.82) is 0 Å². The van der Waals surface area contributed by atoms with E-state index in [0.717, 1.165) is 19.4 Å². The fourth-order valence-electron chi connectivity index (χ4n) is 1.32. The van der Waals surface area contributed by atoms with Gasteiger partial charge in [0.25, 0.3) is 5.56 Å². The molecule has 0 aliphatic carbocycles. The van der Waals surface area contributed by atoms with Crippen molar-refractivity contribution in [3.05, 3.63) is 21.2 Å². The van der Waals surface area contributed by atoms with E-state index in [4.69, 9.17) is 11.6 Å². The summed E-state index contributed by atoms with van der Waals surface area (Å²) in [5, 5.41) is 3.18. The van der Waals surface area contributed by atoms with Gasteiger partial charge in [0, 0.05) is 6.54 Å². The number of halogens is 1. The maximum Gasteiger partial charge on any atom is 0.257 e. The summed E-state index contributed by atoms with van der Waals surface area (Å²) >= 11 is 5.58. The van der Waals surface area contributed by atoms with E-state index in [1.807, 2.05) is 0 Å². The van der Waals surface area contributed by atoms with E-state index in [2.05, 4.69) is 15.3 Å². The smallest absolute Gasteiger partial charge is 0.257 e. The molecule has 12 heavy (non-hydrogen) atoms. The number of aromatic amines is 1. The van der Waals surface area contributed by atoms with Crippen LogP contribution in [-0.4, -0.2) is 16.5 Å². The maximum atomic E-state index is 11.3. The molecular formula is C7H8ClN3O. The summed E-state index contributed by atoms with van der Waals surface area (Å²) < 4.78 is 0. The highest BCUT2D eigenvalue weighted by Crippen LogP contribution is 2.15. The van der Waals surface area contributed by atoms with E-state index >= 15 is 0 Å². The lowest BCUT2D eigenvalue weighted by Crippen LogP contribution is -2.23. The van der Waals surface area contributed by atoms with Crippen LogP contribution < -0.4 is 10.9 Å². The van der Waals surface area contributed by atoms with Gasteiger partial charge >= 0.3 is 0 Å². The van der Waals surface area contributed by atoms with Gasteiger partial charge in [-0.25, -0.2) is 4.98 Å². The number of hydrogen-bond acceptors (Lipinski definition) is 3. The summed E-state index contributed by atoms with van der Waals surface area (Å²) in [4.78, 5) is 17.7. The normalized spacial score (nSPS) is 15.1. The van der Waals surface area contributed by atoms with Gasteiger partial charge in [-0.2, -0.15) is 0 Å². The minimum absolute atomic E-state index is 0.128. The Morgan fingerprint density at radius 2 is 2.33 bits per heavy atom. The van der Waals surface area contributed by atoms with Crippen molar-refractivity contribution < 1.29 is 0 Å². The first-order valence-electron chi connectivity index (χ1n) is 3.80. The Morgan fingerprint density at radius 3 is 3.17 bits per heavy atom. The van der Waals surface area contributed by atoms with Crippen molar-refractivity contribution in [2.75, 3.05) is 11.9 Å². The average molecular weight is 186 g/mol. The third-order valence-electron chi connectivity index (χ3n) is 1.88. The summed E-state index contributed by atoms with van der Waals surface area (Å²) in [6, 6.07) is 0. The molecule has 0 unspecified atom stereocenters. The van der Waals surface area contributed by atoms with Gasteiger partial charge in [-0.1, -0.05) is 0 Å². The molecular weight excluding hydrogens is 178 g/mol. The number of H-pyrrole nitrogens is 1. The largest absolute Gasteiger partial charge is 0.370 e. The van der Waals surface area contributed by atoms with Crippen LogP contribution in [0, 0.1) is 0 Å². The van der Waals surface area contributed by atoms with Crippen LogP contribution in [0.15, 0.2) is 4.79 Å². The minimum Gasteiger partial charge on any atom is -0.370 e. The molecule has 4 nitrogen and oxygen atoms in total. The summed E-state index contributed by atoms with van der Waals surface area (Å²) in [5.74, 6) is 0.634. The number of nitrogens with one attached hydrogen (secondary N) is 2. The van der Waals surface area contributed by atoms with E-state index in [9.17, 15) is 4.79 Å². The first kappa shape index (κ1) is 7.61. The Morgan fingerprint density at radius 1 is 1.50 bits per heavy atom. The number of aromatic nitrogens is 2. The van der Waals surface area contributed by atoms with Crippen LogP contribution in [0.25, 0.3) is 0 Å². The highest BCUT2D eigenvalue weighted by molar-refractivity contribution is 6.28. The van der Waals surface area contributed by atoms with E-state index in [1.165, 1.54) is 0 Å². The predicted octanol–water partition coefficient (Wildman–Crippen LogP) is 0.781. The molecule has 2 N–H and O–H groups in total. The van der Waals surface area contributed by atoms with Gasteiger partial charge in [-0.15, -0.1) is 0 Å². The Labute approximate surface area is 74.0 Å². The van der Waals surface area contributed by atoms with Crippen molar-refractivity contribution in [1.82, 2.24) is 9.97 Å². The Hall–Kier alpha value is -1.03. The second kappa shape index (κ2) is 2.79. The van der Waals surface area contributed by atoms with E-state index in [1.54, 1.807) is 0 Å². The zero-order valence-electron chi connectivity index (χ0n) is 6.35. The number of nitrogens with zero attached hydrogens (tertiary/aromatic N) is 1. The van der Waals surface area contributed by atoms with E-state index in [0.29, 0.717) is 11.4 Å². The molecule has 0 saturated heterocycles. The molecule has 0 radical (unpaired) electrons. The zero-order valence-corrected chi connectivity index (χ0v) is 7.11. The van der Waals surface area contributed by atoms with Gasteiger partial charge in [0.05, 0.1) is 5.56 Å². The highest BCUT2D eigenvalue weighted by Gasteiger charge is 2.13. The number of rotatable bonds is 0. The summed E-state index contributed by atoms with van der Waals surface area (Å²) in [7, 11) is 0. The van der Waals surface area contributed by atoms with E-state index in [-0.39, 0.29) is 10.8 Å².